The van der Waals surface area contributed by atoms with Crippen LogP contribution in [-0.4, -0.2) is 61.7 Å². The topological polar surface area (TPSA) is 83.7 Å². The standard InChI is InChI=1S/C33H45N5O2.C2H6/c1-4-5-28-29(19-35-20-31(28)38-22-33(23-38)10-14-40-15-11-33)32(39)36-18-26-6-7-27(30(34)17-26)16-25(3)21-37-12-8-24(2)9-13-37;1-2/h4-7,16-17,19-20,24H,8-15,18,21-23,34H2,1-3H3,(H,36,39);1-2H3/b5-4-,25-16+;. The quantitative estimate of drug-likeness (QED) is 0.355. The molecule has 3 saturated heterocycles. The van der Waals surface area contributed by atoms with Crippen LogP contribution in [0.5, 0.6) is 0 Å². The van der Waals surface area contributed by atoms with Crippen molar-refractivity contribution < 1.29 is 9.53 Å². The predicted molar refractivity (Wildman–Crippen MR) is 176 cm³/mol. The minimum Gasteiger partial charge on any atom is -0.398 e. The maximum Gasteiger partial charge on any atom is 0.253 e. The van der Waals surface area contributed by atoms with Crippen LogP contribution in [0.1, 0.15) is 87.4 Å². The summed E-state index contributed by atoms with van der Waals surface area (Å²) in [7, 11) is 0. The van der Waals surface area contributed by atoms with Crippen LogP contribution in [-0.2, 0) is 11.3 Å². The van der Waals surface area contributed by atoms with Crippen LogP contribution in [0.3, 0.4) is 0 Å². The molecule has 4 heterocycles. The van der Waals surface area contributed by atoms with Crippen molar-refractivity contribution >= 4 is 29.4 Å². The van der Waals surface area contributed by atoms with Gasteiger partial charge in [0.25, 0.3) is 5.91 Å². The third kappa shape index (κ3) is 7.81. The third-order valence-electron chi connectivity index (χ3n) is 8.85. The number of aromatic nitrogens is 1. The average molecular weight is 574 g/mol. The number of nitrogen functional groups attached to an aromatic ring is 1. The van der Waals surface area contributed by atoms with Crippen LogP contribution in [0.15, 0.2) is 42.2 Å². The highest BCUT2D eigenvalue weighted by atomic mass is 16.5. The Bertz CT molecular complexity index is 1250. The number of rotatable bonds is 8. The summed E-state index contributed by atoms with van der Waals surface area (Å²) >= 11 is 0. The number of nitrogens with zero attached hydrogens (tertiary/aromatic N) is 3. The number of carbonyl (C=O) groups excluding carboxylic acids is 1. The molecule has 1 amide bonds. The molecule has 1 spiro atoms. The van der Waals surface area contributed by atoms with E-state index in [4.69, 9.17) is 10.5 Å². The molecule has 0 radical (unpaired) electrons. The summed E-state index contributed by atoms with van der Waals surface area (Å²) in [5.41, 5.74) is 13.4. The molecule has 2 aromatic rings. The molecule has 42 heavy (non-hydrogen) atoms. The minimum atomic E-state index is -0.127. The Kier molecular flexibility index (Phi) is 11.2. The zero-order valence-electron chi connectivity index (χ0n) is 26.4. The molecule has 1 aromatic heterocycles. The average Bonchev–Trinajstić information content (AvgIpc) is 2.99. The van der Waals surface area contributed by atoms with Crippen LogP contribution in [0, 0.1) is 11.3 Å². The van der Waals surface area contributed by atoms with E-state index in [1.54, 1.807) is 6.20 Å². The van der Waals surface area contributed by atoms with Crippen molar-refractivity contribution in [2.45, 2.75) is 66.8 Å². The molecular formula is C35H51N5O2. The SMILES string of the molecule is C/C=C\c1c(C(=O)NCc2ccc(/C=C(\C)CN3CCC(C)CC3)c(N)c2)cncc1N1CC2(CCOCC2)C1.CC. The number of pyridine rings is 1. The number of amides is 1. The number of likely N-dealkylation sites (tertiary alicyclic amines) is 1. The highest BCUT2D eigenvalue weighted by Gasteiger charge is 2.44. The monoisotopic (exact) mass is 573 g/mol. The number of hydrogen-bond donors (Lipinski definition) is 2. The molecular weight excluding hydrogens is 522 g/mol. The summed E-state index contributed by atoms with van der Waals surface area (Å²) in [5.74, 6) is 0.710. The first-order chi connectivity index (χ1) is 20.4. The van der Waals surface area contributed by atoms with E-state index in [1.807, 2.05) is 51.3 Å². The number of carbonyl (C=O) groups is 1. The van der Waals surface area contributed by atoms with Gasteiger partial charge < -0.3 is 20.7 Å². The van der Waals surface area contributed by atoms with Crippen molar-refractivity contribution in [1.82, 2.24) is 15.2 Å². The first-order valence-corrected chi connectivity index (χ1v) is 15.9. The number of piperidine rings is 1. The summed E-state index contributed by atoms with van der Waals surface area (Å²) in [6.07, 6.45) is 14.5. The van der Waals surface area contributed by atoms with E-state index in [0.29, 0.717) is 17.5 Å². The molecule has 3 aliphatic heterocycles. The number of hydrogen-bond acceptors (Lipinski definition) is 6. The molecule has 0 atom stereocenters. The lowest BCUT2D eigenvalue weighted by Crippen LogP contribution is -2.58. The summed E-state index contributed by atoms with van der Waals surface area (Å²) in [6.45, 7) is 17.9. The van der Waals surface area contributed by atoms with Gasteiger partial charge in [0.05, 0.1) is 17.4 Å². The maximum atomic E-state index is 13.3. The van der Waals surface area contributed by atoms with E-state index >= 15 is 0 Å². The van der Waals surface area contributed by atoms with Gasteiger partial charge in [-0.05, 0) is 75.7 Å². The Hall–Kier alpha value is -3.16. The molecule has 5 rings (SSSR count). The predicted octanol–water partition coefficient (Wildman–Crippen LogP) is 6.41. The van der Waals surface area contributed by atoms with Gasteiger partial charge in [-0.15, -0.1) is 0 Å². The molecule has 3 N–H and O–H groups in total. The number of ether oxygens (including phenoxy) is 1. The fourth-order valence-electron chi connectivity index (χ4n) is 6.32. The lowest BCUT2D eigenvalue weighted by Gasteiger charge is -2.53. The normalized spacial score (nSPS) is 19.4. The Morgan fingerprint density at radius 1 is 1.17 bits per heavy atom. The van der Waals surface area contributed by atoms with Gasteiger partial charge in [0.1, 0.15) is 0 Å². The Morgan fingerprint density at radius 3 is 2.55 bits per heavy atom. The lowest BCUT2D eigenvalue weighted by molar-refractivity contribution is -0.000221. The molecule has 0 saturated carbocycles. The largest absolute Gasteiger partial charge is 0.398 e. The second-order valence-corrected chi connectivity index (χ2v) is 12.2. The summed E-state index contributed by atoms with van der Waals surface area (Å²) in [5, 5.41) is 3.09. The van der Waals surface area contributed by atoms with E-state index in [-0.39, 0.29) is 5.91 Å². The van der Waals surface area contributed by atoms with Crippen LogP contribution < -0.4 is 16.0 Å². The Balaban J connectivity index is 0.00000198. The van der Waals surface area contributed by atoms with E-state index < -0.39 is 0 Å². The number of anilines is 2. The van der Waals surface area contributed by atoms with Crippen LogP contribution in [0.25, 0.3) is 12.2 Å². The van der Waals surface area contributed by atoms with Gasteiger partial charge in [-0.1, -0.05) is 56.7 Å². The molecule has 7 nitrogen and oxygen atoms in total. The van der Waals surface area contributed by atoms with Gasteiger partial charge in [-0.3, -0.25) is 14.7 Å². The fraction of sp³-hybridized carbons (Fsp3) is 0.543. The van der Waals surface area contributed by atoms with Crippen molar-refractivity contribution in [2.75, 3.05) is 56.6 Å². The number of nitrogens with one attached hydrogen (secondary N) is 1. The van der Waals surface area contributed by atoms with E-state index in [0.717, 1.165) is 79.7 Å². The van der Waals surface area contributed by atoms with Crippen LogP contribution in [0.4, 0.5) is 11.4 Å². The minimum absolute atomic E-state index is 0.127. The van der Waals surface area contributed by atoms with Gasteiger partial charge >= 0.3 is 0 Å². The molecule has 0 bridgehead atoms. The fourth-order valence-corrected chi connectivity index (χ4v) is 6.32. The second kappa shape index (κ2) is 14.8. The molecule has 228 valence electrons. The summed E-state index contributed by atoms with van der Waals surface area (Å²) < 4.78 is 5.57. The lowest BCUT2D eigenvalue weighted by atomic mass is 9.73. The van der Waals surface area contributed by atoms with E-state index in [2.05, 4.69) is 46.1 Å². The third-order valence-corrected chi connectivity index (χ3v) is 8.85. The van der Waals surface area contributed by atoms with Gasteiger partial charge in [-0.2, -0.15) is 0 Å². The van der Waals surface area contributed by atoms with E-state index in [9.17, 15) is 4.79 Å². The van der Waals surface area contributed by atoms with Crippen molar-refractivity contribution in [2.24, 2.45) is 11.3 Å². The summed E-state index contributed by atoms with van der Waals surface area (Å²) in [6, 6.07) is 6.08. The first-order valence-electron chi connectivity index (χ1n) is 15.9. The molecule has 1 aromatic carbocycles. The number of allylic oxidation sites excluding steroid dienone is 1. The van der Waals surface area contributed by atoms with Gasteiger partial charge in [0.2, 0.25) is 0 Å². The highest BCUT2D eigenvalue weighted by Crippen LogP contribution is 2.43. The zero-order chi connectivity index (χ0) is 30.1. The van der Waals surface area contributed by atoms with Crippen LogP contribution >= 0.6 is 0 Å². The second-order valence-electron chi connectivity index (χ2n) is 12.2. The van der Waals surface area contributed by atoms with Gasteiger partial charge in [0.15, 0.2) is 0 Å². The van der Waals surface area contributed by atoms with Gasteiger partial charge in [-0.25, -0.2) is 0 Å². The highest BCUT2D eigenvalue weighted by molar-refractivity contribution is 5.99. The molecule has 3 fully saturated rings. The Labute approximate surface area is 253 Å². The van der Waals surface area contributed by atoms with Crippen LogP contribution in [0.2, 0.25) is 0 Å². The summed E-state index contributed by atoms with van der Waals surface area (Å²) in [4.78, 5) is 22.7. The van der Waals surface area contributed by atoms with E-state index in [1.165, 1.54) is 31.5 Å². The molecule has 7 heteroatoms. The van der Waals surface area contributed by atoms with Crippen molar-refractivity contribution in [3.63, 3.8) is 0 Å². The molecule has 0 unspecified atom stereocenters. The van der Waals surface area contributed by atoms with Crippen molar-refractivity contribution in [3.8, 4) is 0 Å². The molecule has 0 aliphatic carbocycles. The Morgan fingerprint density at radius 2 is 1.88 bits per heavy atom. The maximum absolute atomic E-state index is 13.3. The zero-order valence-corrected chi connectivity index (χ0v) is 26.4. The number of benzene rings is 1. The van der Waals surface area contributed by atoms with Gasteiger partial charge in [0, 0.05) is 62.3 Å². The first kappa shape index (κ1) is 31.8. The smallest absolute Gasteiger partial charge is 0.253 e. The van der Waals surface area contributed by atoms with Crippen molar-refractivity contribution in [1.29, 1.82) is 0 Å². The van der Waals surface area contributed by atoms with Crippen molar-refractivity contribution in [3.05, 3.63) is 64.5 Å². The molecule has 3 aliphatic rings. The number of nitrogens with two attached hydrogens (primary N) is 1.